The summed E-state index contributed by atoms with van der Waals surface area (Å²) >= 11 is 0. The number of amides is 1. The van der Waals surface area contributed by atoms with E-state index in [0.717, 1.165) is 19.5 Å². The van der Waals surface area contributed by atoms with Crippen LogP contribution in [-0.4, -0.2) is 36.0 Å². The zero-order chi connectivity index (χ0) is 7.84. The summed E-state index contributed by atoms with van der Waals surface area (Å²) in [6.07, 6.45) is 1.81. The molecule has 0 aliphatic carbocycles. The van der Waals surface area contributed by atoms with Gasteiger partial charge in [-0.05, 0) is 13.0 Å². The summed E-state index contributed by atoms with van der Waals surface area (Å²) in [7, 11) is 0. The summed E-state index contributed by atoms with van der Waals surface area (Å²) < 4.78 is 0. The third-order valence-corrected chi connectivity index (χ3v) is 2.73. The highest BCUT2D eigenvalue weighted by atomic mass is 16.2. The molecular formula is C8H14N2O. The highest BCUT2D eigenvalue weighted by Crippen LogP contribution is 2.25. The number of nitrogens with one attached hydrogen (secondary N) is 1. The van der Waals surface area contributed by atoms with E-state index in [-0.39, 0.29) is 0 Å². The van der Waals surface area contributed by atoms with E-state index >= 15 is 0 Å². The Balaban J connectivity index is 1.94. The van der Waals surface area contributed by atoms with Crippen molar-refractivity contribution in [3.05, 3.63) is 0 Å². The fraction of sp³-hybridized carbons (Fsp3) is 0.875. The molecule has 2 aliphatic heterocycles. The summed E-state index contributed by atoms with van der Waals surface area (Å²) in [4.78, 5) is 13.2. The number of hydrogen-bond acceptors (Lipinski definition) is 2. The predicted molar refractivity (Wildman–Crippen MR) is 42.2 cm³/mol. The Morgan fingerprint density at radius 1 is 1.73 bits per heavy atom. The average molecular weight is 154 g/mol. The minimum atomic E-state index is 0.315. The molecular weight excluding hydrogens is 140 g/mol. The maximum absolute atomic E-state index is 11.2. The Labute approximate surface area is 66.8 Å². The van der Waals surface area contributed by atoms with Crippen LogP contribution in [0.15, 0.2) is 0 Å². The Bertz CT molecular complexity index is 181. The normalized spacial score (nSPS) is 34.8. The first-order chi connectivity index (χ1) is 5.33. The molecule has 2 heterocycles. The third kappa shape index (κ3) is 0.948. The van der Waals surface area contributed by atoms with Gasteiger partial charge in [0.1, 0.15) is 0 Å². The van der Waals surface area contributed by atoms with Crippen molar-refractivity contribution in [2.75, 3.05) is 13.1 Å². The van der Waals surface area contributed by atoms with Gasteiger partial charge in [-0.1, -0.05) is 6.92 Å². The van der Waals surface area contributed by atoms with Crippen molar-refractivity contribution in [1.82, 2.24) is 10.2 Å². The SMILES string of the molecule is CCC(=O)N1CC2NCCC21. The van der Waals surface area contributed by atoms with E-state index in [0.29, 0.717) is 24.4 Å². The molecule has 2 aliphatic rings. The van der Waals surface area contributed by atoms with Crippen LogP contribution in [0.4, 0.5) is 0 Å². The molecule has 62 valence electrons. The molecule has 2 fully saturated rings. The maximum Gasteiger partial charge on any atom is 0.222 e. The standard InChI is InChI=1S/C8H14N2O/c1-2-8(11)10-5-6-7(10)3-4-9-6/h6-7,9H,2-5H2,1H3. The molecule has 11 heavy (non-hydrogen) atoms. The van der Waals surface area contributed by atoms with E-state index in [1.54, 1.807) is 0 Å². The van der Waals surface area contributed by atoms with Gasteiger partial charge in [-0.25, -0.2) is 0 Å². The summed E-state index contributed by atoms with van der Waals surface area (Å²) in [5, 5.41) is 3.37. The first kappa shape index (κ1) is 7.10. The van der Waals surface area contributed by atoms with E-state index in [4.69, 9.17) is 0 Å². The topological polar surface area (TPSA) is 32.3 Å². The molecule has 0 saturated carbocycles. The Kier molecular flexibility index (Phi) is 1.60. The molecule has 0 spiro atoms. The van der Waals surface area contributed by atoms with Crippen LogP contribution >= 0.6 is 0 Å². The van der Waals surface area contributed by atoms with Gasteiger partial charge in [-0.15, -0.1) is 0 Å². The highest BCUT2D eigenvalue weighted by molar-refractivity contribution is 5.77. The quantitative estimate of drug-likeness (QED) is 0.575. The number of rotatable bonds is 1. The second-order valence-electron chi connectivity index (χ2n) is 3.32. The van der Waals surface area contributed by atoms with Gasteiger partial charge >= 0.3 is 0 Å². The molecule has 2 rings (SSSR count). The summed E-state index contributed by atoms with van der Waals surface area (Å²) in [6.45, 7) is 3.96. The summed E-state index contributed by atoms with van der Waals surface area (Å²) in [5.74, 6) is 0.315. The molecule has 0 aromatic rings. The van der Waals surface area contributed by atoms with Crippen LogP contribution in [0.1, 0.15) is 19.8 Å². The Hall–Kier alpha value is -0.570. The van der Waals surface area contributed by atoms with E-state index in [1.807, 2.05) is 11.8 Å². The fourth-order valence-corrected chi connectivity index (χ4v) is 2.01. The molecule has 1 amide bonds. The molecule has 0 bridgehead atoms. The zero-order valence-electron chi connectivity index (χ0n) is 6.84. The molecule has 2 atom stereocenters. The average Bonchev–Trinajstić information content (AvgIpc) is 2.32. The van der Waals surface area contributed by atoms with Gasteiger partial charge in [0.05, 0.1) is 0 Å². The van der Waals surface area contributed by atoms with Crippen LogP contribution in [0, 0.1) is 0 Å². The third-order valence-electron chi connectivity index (χ3n) is 2.73. The van der Waals surface area contributed by atoms with Gasteiger partial charge in [-0.3, -0.25) is 4.79 Å². The van der Waals surface area contributed by atoms with Crippen LogP contribution in [-0.2, 0) is 4.79 Å². The highest BCUT2D eigenvalue weighted by Gasteiger charge is 2.43. The van der Waals surface area contributed by atoms with Crippen molar-refractivity contribution >= 4 is 5.91 Å². The number of likely N-dealkylation sites (tertiary alicyclic amines) is 1. The molecule has 3 heteroatoms. The molecule has 3 nitrogen and oxygen atoms in total. The Morgan fingerprint density at radius 2 is 2.55 bits per heavy atom. The van der Waals surface area contributed by atoms with Gasteiger partial charge in [0, 0.05) is 25.0 Å². The summed E-state index contributed by atoms with van der Waals surface area (Å²) in [6, 6.07) is 1.15. The van der Waals surface area contributed by atoms with Gasteiger partial charge in [0.25, 0.3) is 0 Å². The van der Waals surface area contributed by atoms with Crippen molar-refractivity contribution in [2.45, 2.75) is 31.8 Å². The lowest BCUT2D eigenvalue weighted by molar-refractivity contribution is -0.139. The van der Waals surface area contributed by atoms with Crippen LogP contribution in [0.3, 0.4) is 0 Å². The minimum Gasteiger partial charge on any atom is -0.336 e. The lowest BCUT2D eigenvalue weighted by Gasteiger charge is -2.44. The Morgan fingerprint density at radius 3 is 3.18 bits per heavy atom. The van der Waals surface area contributed by atoms with Gasteiger partial charge in [0.2, 0.25) is 5.91 Å². The van der Waals surface area contributed by atoms with Crippen molar-refractivity contribution < 1.29 is 4.79 Å². The predicted octanol–water partition coefficient (Wildman–Crippen LogP) is -0.0309. The molecule has 1 N–H and O–H groups in total. The molecule has 0 radical (unpaired) electrons. The molecule has 0 aromatic heterocycles. The number of hydrogen-bond donors (Lipinski definition) is 1. The summed E-state index contributed by atoms with van der Waals surface area (Å²) in [5.41, 5.74) is 0. The van der Waals surface area contributed by atoms with E-state index in [1.165, 1.54) is 0 Å². The van der Waals surface area contributed by atoms with E-state index in [2.05, 4.69) is 5.32 Å². The van der Waals surface area contributed by atoms with Gasteiger partial charge in [-0.2, -0.15) is 0 Å². The van der Waals surface area contributed by atoms with Crippen LogP contribution < -0.4 is 5.32 Å². The minimum absolute atomic E-state index is 0.315. The van der Waals surface area contributed by atoms with Crippen molar-refractivity contribution in [3.8, 4) is 0 Å². The fourth-order valence-electron chi connectivity index (χ4n) is 2.01. The molecule has 2 saturated heterocycles. The maximum atomic E-state index is 11.2. The van der Waals surface area contributed by atoms with Gasteiger partial charge < -0.3 is 10.2 Å². The first-order valence-corrected chi connectivity index (χ1v) is 4.35. The zero-order valence-corrected chi connectivity index (χ0v) is 6.84. The number of fused-ring (bicyclic) bond motifs is 1. The van der Waals surface area contributed by atoms with Crippen molar-refractivity contribution in [1.29, 1.82) is 0 Å². The molecule has 0 aromatic carbocycles. The lowest BCUT2D eigenvalue weighted by Crippen LogP contribution is -2.62. The second-order valence-corrected chi connectivity index (χ2v) is 3.32. The van der Waals surface area contributed by atoms with E-state index < -0.39 is 0 Å². The molecule has 2 unspecified atom stereocenters. The number of carbonyl (C=O) groups excluding carboxylic acids is 1. The lowest BCUT2D eigenvalue weighted by atomic mass is 9.97. The number of carbonyl (C=O) groups is 1. The number of nitrogens with zero attached hydrogens (tertiary/aromatic N) is 1. The van der Waals surface area contributed by atoms with Gasteiger partial charge in [0.15, 0.2) is 0 Å². The first-order valence-electron chi connectivity index (χ1n) is 4.35. The van der Waals surface area contributed by atoms with Crippen LogP contribution in [0.25, 0.3) is 0 Å². The largest absolute Gasteiger partial charge is 0.336 e. The second kappa shape index (κ2) is 2.48. The van der Waals surface area contributed by atoms with E-state index in [9.17, 15) is 4.79 Å². The van der Waals surface area contributed by atoms with Crippen LogP contribution in [0.5, 0.6) is 0 Å². The van der Waals surface area contributed by atoms with Crippen LogP contribution in [0.2, 0.25) is 0 Å². The van der Waals surface area contributed by atoms with Crippen molar-refractivity contribution in [3.63, 3.8) is 0 Å². The monoisotopic (exact) mass is 154 g/mol. The van der Waals surface area contributed by atoms with Crippen molar-refractivity contribution in [2.24, 2.45) is 0 Å². The smallest absolute Gasteiger partial charge is 0.222 e.